The normalized spacial score (nSPS) is 25.6. The number of hydrogen-bond donors (Lipinski definition) is 2. The van der Waals surface area contributed by atoms with Crippen LogP contribution >= 0.6 is 0 Å². The van der Waals surface area contributed by atoms with Crippen LogP contribution < -0.4 is 10.7 Å². The van der Waals surface area contributed by atoms with E-state index in [1.807, 2.05) is 36.2 Å². The highest BCUT2D eigenvalue weighted by molar-refractivity contribution is 6.21. The standard InChI is InChI=1S/C23H24N4O/c1-14(24)22(15(2)25)16-7-9-18(10-8-16)26-13-23-12-17-5-3-4-6-19(17)20(23)11-21(28)27(23)26/h3-10,20,24H,11-13,25H2,1-2H3. The molecule has 0 saturated carbocycles. The number of allylic oxidation sites excluding steroid dienone is 2. The Balaban J connectivity index is 1.44. The predicted molar refractivity (Wildman–Crippen MR) is 111 cm³/mol. The van der Waals surface area contributed by atoms with Crippen LogP contribution in [0.4, 0.5) is 5.69 Å². The molecule has 0 aromatic heterocycles. The number of anilines is 1. The molecule has 3 N–H and O–H groups in total. The number of hydrogen-bond acceptors (Lipinski definition) is 4. The number of carbonyl (C=O) groups is 1. The lowest BCUT2D eigenvalue weighted by atomic mass is 9.83. The van der Waals surface area contributed by atoms with Crippen LogP contribution in [0.3, 0.4) is 0 Å². The van der Waals surface area contributed by atoms with E-state index in [1.165, 1.54) is 11.1 Å². The first-order valence-corrected chi connectivity index (χ1v) is 9.73. The molecule has 5 heteroatoms. The second-order valence-corrected chi connectivity index (χ2v) is 8.23. The van der Waals surface area contributed by atoms with Gasteiger partial charge in [0.05, 0.1) is 17.8 Å². The second-order valence-electron chi connectivity index (χ2n) is 8.23. The summed E-state index contributed by atoms with van der Waals surface area (Å²) in [6, 6.07) is 16.6. The van der Waals surface area contributed by atoms with Gasteiger partial charge in [-0.2, -0.15) is 0 Å². The summed E-state index contributed by atoms with van der Waals surface area (Å²) in [7, 11) is 0. The zero-order valence-electron chi connectivity index (χ0n) is 16.2. The highest BCUT2D eigenvalue weighted by Crippen LogP contribution is 2.57. The quantitative estimate of drug-likeness (QED) is 0.811. The molecule has 142 valence electrons. The zero-order valence-corrected chi connectivity index (χ0v) is 16.2. The maximum Gasteiger partial charge on any atom is 0.242 e. The molecule has 5 nitrogen and oxygen atoms in total. The molecule has 2 saturated heterocycles. The van der Waals surface area contributed by atoms with Crippen LogP contribution in [0.1, 0.15) is 42.9 Å². The van der Waals surface area contributed by atoms with Gasteiger partial charge in [0, 0.05) is 35.7 Å². The number of nitrogens with zero attached hydrogens (tertiary/aromatic N) is 2. The molecule has 2 heterocycles. The lowest BCUT2D eigenvalue weighted by molar-refractivity contribution is -0.137. The summed E-state index contributed by atoms with van der Waals surface area (Å²) < 4.78 is 0. The van der Waals surface area contributed by atoms with E-state index in [-0.39, 0.29) is 11.4 Å². The number of amides is 1. The van der Waals surface area contributed by atoms with Crippen LogP contribution in [-0.4, -0.2) is 28.7 Å². The summed E-state index contributed by atoms with van der Waals surface area (Å²) in [5, 5.41) is 12.1. The molecule has 1 aliphatic carbocycles. The fraction of sp³-hybridized carbons (Fsp3) is 0.304. The van der Waals surface area contributed by atoms with E-state index in [1.54, 1.807) is 6.92 Å². The van der Waals surface area contributed by atoms with E-state index in [0.29, 0.717) is 23.7 Å². The molecule has 1 spiro atoms. The molecule has 0 bridgehead atoms. The van der Waals surface area contributed by atoms with Crippen molar-refractivity contribution in [3.63, 3.8) is 0 Å². The third-order valence-corrected chi connectivity index (χ3v) is 6.50. The van der Waals surface area contributed by atoms with Gasteiger partial charge in [-0.25, -0.2) is 5.01 Å². The molecule has 2 aromatic carbocycles. The third-order valence-electron chi connectivity index (χ3n) is 6.50. The molecule has 3 aliphatic rings. The Morgan fingerprint density at radius 1 is 1.14 bits per heavy atom. The van der Waals surface area contributed by atoms with Gasteiger partial charge in [-0.1, -0.05) is 36.4 Å². The molecule has 2 aliphatic heterocycles. The van der Waals surface area contributed by atoms with Gasteiger partial charge in [0.25, 0.3) is 0 Å². The lowest BCUT2D eigenvalue weighted by Gasteiger charge is -2.57. The largest absolute Gasteiger partial charge is 0.402 e. The van der Waals surface area contributed by atoms with E-state index < -0.39 is 0 Å². The molecule has 5 rings (SSSR count). The maximum absolute atomic E-state index is 12.8. The van der Waals surface area contributed by atoms with E-state index in [0.717, 1.165) is 29.8 Å². The zero-order chi connectivity index (χ0) is 19.6. The predicted octanol–water partition coefficient (Wildman–Crippen LogP) is 3.46. The summed E-state index contributed by atoms with van der Waals surface area (Å²) in [5.74, 6) is 0.519. The SMILES string of the molecule is CC(=N)C(=C(C)N)c1ccc(N2CC34Cc5ccccc5C3CC(=O)N24)cc1. The van der Waals surface area contributed by atoms with Crippen molar-refractivity contribution < 1.29 is 4.79 Å². The Kier molecular flexibility index (Phi) is 3.48. The lowest BCUT2D eigenvalue weighted by Crippen LogP contribution is -2.73. The number of nitrogens with two attached hydrogens (primary N) is 1. The summed E-state index contributed by atoms with van der Waals surface area (Å²) >= 11 is 0. The highest BCUT2D eigenvalue weighted by Gasteiger charge is 2.66. The molecule has 2 fully saturated rings. The molecule has 2 atom stereocenters. The minimum absolute atomic E-state index is 0.0795. The van der Waals surface area contributed by atoms with E-state index >= 15 is 0 Å². The van der Waals surface area contributed by atoms with Crippen LogP contribution in [0.15, 0.2) is 54.2 Å². The average Bonchev–Trinajstić information content (AvgIpc) is 3.05. The Morgan fingerprint density at radius 2 is 1.86 bits per heavy atom. The first-order valence-electron chi connectivity index (χ1n) is 9.73. The van der Waals surface area contributed by atoms with Gasteiger partial charge in [-0.05, 0) is 42.7 Å². The minimum Gasteiger partial charge on any atom is -0.402 e. The first-order chi connectivity index (χ1) is 13.4. The number of carbonyl (C=O) groups excluding carboxylic acids is 1. The van der Waals surface area contributed by atoms with Crippen LogP contribution in [0.2, 0.25) is 0 Å². The Morgan fingerprint density at radius 3 is 2.54 bits per heavy atom. The number of rotatable bonds is 3. The number of fused-ring (bicyclic) bond motifs is 2. The van der Waals surface area contributed by atoms with Crippen LogP contribution in [0.5, 0.6) is 0 Å². The van der Waals surface area contributed by atoms with Gasteiger partial charge in [0.2, 0.25) is 5.91 Å². The summed E-state index contributed by atoms with van der Waals surface area (Å²) in [6.07, 6.45) is 1.54. The van der Waals surface area contributed by atoms with Crippen molar-refractivity contribution in [3.05, 3.63) is 70.9 Å². The summed E-state index contributed by atoms with van der Waals surface area (Å²) in [6.45, 7) is 4.43. The van der Waals surface area contributed by atoms with Gasteiger partial charge in [0.1, 0.15) is 0 Å². The van der Waals surface area contributed by atoms with Gasteiger partial charge in [-0.3, -0.25) is 9.80 Å². The molecular weight excluding hydrogens is 348 g/mol. The van der Waals surface area contributed by atoms with Crippen molar-refractivity contribution in [2.75, 3.05) is 11.6 Å². The van der Waals surface area contributed by atoms with Crippen molar-refractivity contribution in [2.45, 2.75) is 38.1 Å². The summed E-state index contributed by atoms with van der Waals surface area (Å²) in [5.41, 5.74) is 12.4. The fourth-order valence-electron chi connectivity index (χ4n) is 5.42. The second kappa shape index (κ2) is 5.71. The molecule has 2 unspecified atom stereocenters. The van der Waals surface area contributed by atoms with Crippen molar-refractivity contribution >= 4 is 22.9 Å². The van der Waals surface area contributed by atoms with E-state index in [2.05, 4.69) is 29.3 Å². The molecule has 28 heavy (non-hydrogen) atoms. The Labute approximate surface area is 164 Å². The Bertz CT molecular complexity index is 1030. The number of nitrogens with one attached hydrogen (secondary N) is 1. The molecule has 1 amide bonds. The smallest absolute Gasteiger partial charge is 0.242 e. The molecule has 2 aromatic rings. The van der Waals surface area contributed by atoms with Crippen molar-refractivity contribution in [2.24, 2.45) is 5.73 Å². The van der Waals surface area contributed by atoms with Gasteiger partial charge in [-0.15, -0.1) is 0 Å². The molecular formula is C23H24N4O. The number of benzene rings is 2. The third kappa shape index (κ3) is 2.13. The van der Waals surface area contributed by atoms with Gasteiger partial charge >= 0.3 is 0 Å². The van der Waals surface area contributed by atoms with Crippen molar-refractivity contribution in [3.8, 4) is 0 Å². The average molecular weight is 372 g/mol. The van der Waals surface area contributed by atoms with E-state index in [9.17, 15) is 4.79 Å². The minimum atomic E-state index is -0.0795. The van der Waals surface area contributed by atoms with Crippen molar-refractivity contribution in [1.29, 1.82) is 5.41 Å². The summed E-state index contributed by atoms with van der Waals surface area (Å²) in [4.78, 5) is 12.8. The Hall–Kier alpha value is -3.08. The van der Waals surface area contributed by atoms with Crippen LogP contribution in [0.25, 0.3) is 5.57 Å². The highest BCUT2D eigenvalue weighted by atomic mass is 16.2. The number of hydrazine groups is 1. The van der Waals surface area contributed by atoms with Crippen molar-refractivity contribution in [1.82, 2.24) is 5.01 Å². The van der Waals surface area contributed by atoms with Gasteiger partial charge in [0.15, 0.2) is 0 Å². The van der Waals surface area contributed by atoms with Crippen LogP contribution in [0, 0.1) is 5.41 Å². The maximum atomic E-state index is 12.8. The fourth-order valence-corrected chi connectivity index (χ4v) is 5.42. The van der Waals surface area contributed by atoms with E-state index in [4.69, 9.17) is 11.1 Å². The topological polar surface area (TPSA) is 73.4 Å². The molecule has 0 radical (unpaired) electrons. The first kappa shape index (κ1) is 17.0. The monoisotopic (exact) mass is 372 g/mol. The van der Waals surface area contributed by atoms with Crippen LogP contribution in [-0.2, 0) is 11.2 Å². The van der Waals surface area contributed by atoms with Gasteiger partial charge < -0.3 is 11.1 Å².